The van der Waals surface area contributed by atoms with Gasteiger partial charge in [-0.2, -0.15) is 0 Å². The van der Waals surface area contributed by atoms with Gasteiger partial charge in [-0.05, 0) is 50.1 Å². The van der Waals surface area contributed by atoms with E-state index in [4.69, 9.17) is 27.9 Å². The summed E-state index contributed by atoms with van der Waals surface area (Å²) in [5.41, 5.74) is 0.616. The number of H-pyrrole nitrogens is 1. The summed E-state index contributed by atoms with van der Waals surface area (Å²) in [5, 5.41) is 4.40. The van der Waals surface area contributed by atoms with Crippen LogP contribution in [0.1, 0.15) is 29.6 Å². The largest absolute Gasteiger partial charge is 0.490 e. The SMILES string of the molecule is O=C(NCCCN1CCC(Oc2ccc(Cl)c(Cl)c2)CC1)c1c[nH]c2ccccc2c1=O. The molecule has 1 aliphatic heterocycles. The van der Waals surface area contributed by atoms with Gasteiger partial charge in [-0.3, -0.25) is 9.59 Å². The number of nitrogens with one attached hydrogen (secondary N) is 2. The van der Waals surface area contributed by atoms with Crippen LogP contribution in [-0.2, 0) is 0 Å². The van der Waals surface area contributed by atoms with Crippen molar-refractivity contribution in [2.75, 3.05) is 26.2 Å². The van der Waals surface area contributed by atoms with Crippen LogP contribution in [0, 0.1) is 0 Å². The van der Waals surface area contributed by atoms with Gasteiger partial charge in [0.25, 0.3) is 5.91 Å². The molecule has 0 saturated carbocycles. The van der Waals surface area contributed by atoms with Crippen molar-refractivity contribution in [1.29, 1.82) is 0 Å². The van der Waals surface area contributed by atoms with Crippen LogP contribution in [0.5, 0.6) is 5.75 Å². The molecule has 168 valence electrons. The first-order chi connectivity index (χ1) is 15.5. The van der Waals surface area contributed by atoms with Gasteiger partial charge in [0.2, 0.25) is 5.43 Å². The number of hydrogen-bond donors (Lipinski definition) is 2. The molecule has 8 heteroatoms. The standard InChI is InChI=1S/C24H25Cl2N3O3/c25-20-7-6-17(14-21(20)26)32-16-8-12-29(13-9-16)11-3-10-27-24(31)19-15-28-22-5-2-1-4-18(22)23(19)30/h1-2,4-7,14-16H,3,8-13H2,(H,27,31)(H,28,30). The highest BCUT2D eigenvalue weighted by Crippen LogP contribution is 2.28. The quantitative estimate of drug-likeness (QED) is 0.495. The lowest BCUT2D eigenvalue weighted by molar-refractivity contribution is 0.0934. The fourth-order valence-corrected chi connectivity index (χ4v) is 4.22. The third-order valence-corrected chi connectivity index (χ3v) is 6.44. The maximum Gasteiger partial charge on any atom is 0.256 e. The predicted octanol–water partition coefficient (Wildman–Crippen LogP) is 4.50. The van der Waals surface area contributed by atoms with Gasteiger partial charge in [0, 0.05) is 42.8 Å². The maximum atomic E-state index is 12.5. The summed E-state index contributed by atoms with van der Waals surface area (Å²) in [5.74, 6) is 0.398. The Hall–Kier alpha value is -2.54. The summed E-state index contributed by atoms with van der Waals surface area (Å²) in [6, 6.07) is 12.5. The Kier molecular flexibility index (Phi) is 7.35. The average Bonchev–Trinajstić information content (AvgIpc) is 2.80. The number of carbonyl (C=O) groups is 1. The fraction of sp³-hybridized carbons (Fsp3) is 0.333. The highest BCUT2D eigenvalue weighted by molar-refractivity contribution is 6.42. The van der Waals surface area contributed by atoms with E-state index in [1.165, 1.54) is 6.20 Å². The number of aromatic amines is 1. The van der Waals surface area contributed by atoms with Crippen LogP contribution in [0.15, 0.2) is 53.5 Å². The Balaban J connectivity index is 1.19. The second-order valence-electron chi connectivity index (χ2n) is 7.92. The zero-order valence-corrected chi connectivity index (χ0v) is 19.1. The van der Waals surface area contributed by atoms with Crippen LogP contribution in [0.2, 0.25) is 10.0 Å². The zero-order valence-electron chi connectivity index (χ0n) is 17.6. The van der Waals surface area contributed by atoms with Crippen LogP contribution < -0.4 is 15.5 Å². The van der Waals surface area contributed by atoms with E-state index >= 15 is 0 Å². The molecule has 0 bridgehead atoms. The van der Waals surface area contributed by atoms with Crippen LogP contribution >= 0.6 is 23.2 Å². The van der Waals surface area contributed by atoms with Crippen molar-refractivity contribution in [2.24, 2.45) is 0 Å². The third kappa shape index (κ3) is 5.44. The normalized spacial score (nSPS) is 15.1. The van der Waals surface area contributed by atoms with Crippen molar-refractivity contribution in [2.45, 2.75) is 25.4 Å². The first-order valence-electron chi connectivity index (χ1n) is 10.7. The van der Waals surface area contributed by atoms with E-state index < -0.39 is 0 Å². The van der Waals surface area contributed by atoms with Gasteiger partial charge >= 0.3 is 0 Å². The Bertz CT molecular complexity index is 1160. The number of pyridine rings is 1. The van der Waals surface area contributed by atoms with Crippen LogP contribution in [-0.4, -0.2) is 48.1 Å². The number of fused-ring (bicyclic) bond motifs is 1. The van der Waals surface area contributed by atoms with Gasteiger partial charge in [0.05, 0.1) is 10.0 Å². The van der Waals surface area contributed by atoms with Gasteiger partial charge < -0.3 is 19.9 Å². The van der Waals surface area contributed by atoms with E-state index in [-0.39, 0.29) is 23.0 Å². The predicted molar refractivity (Wildman–Crippen MR) is 128 cm³/mol. The first-order valence-corrected chi connectivity index (χ1v) is 11.5. The number of nitrogens with zero attached hydrogens (tertiary/aromatic N) is 1. The molecule has 1 amide bonds. The Morgan fingerprint density at radius 3 is 2.69 bits per heavy atom. The van der Waals surface area contributed by atoms with Crippen molar-refractivity contribution in [3.8, 4) is 5.75 Å². The number of rotatable bonds is 7. The number of halogens is 2. The minimum atomic E-state index is -0.342. The third-order valence-electron chi connectivity index (χ3n) is 5.70. The summed E-state index contributed by atoms with van der Waals surface area (Å²) in [6.07, 6.45) is 4.31. The number of aromatic nitrogens is 1. The molecule has 0 unspecified atom stereocenters. The Morgan fingerprint density at radius 1 is 1.12 bits per heavy atom. The molecule has 4 rings (SSSR count). The smallest absolute Gasteiger partial charge is 0.256 e. The molecule has 2 N–H and O–H groups in total. The number of carbonyl (C=O) groups excluding carboxylic acids is 1. The van der Waals surface area contributed by atoms with E-state index in [0.29, 0.717) is 22.0 Å². The summed E-state index contributed by atoms with van der Waals surface area (Å²) < 4.78 is 6.03. The highest BCUT2D eigenvalue weighted by Gasteiger charge is 2.20. The summed E-state index contributed by atoms with van der Waals surface area (Å²) in [4.78, 5) is 30.4. The van der Waals surface area contributed by atoms with Gasteiger partial charge in [-0.1, -0.05) is 35.3 Å². The van der Waals surface area contributed by atoms with Gasteiger partial charge in [-0.25, -0.2) is 0 Å². The molecule has 0 spiro atoms. The molecule has 1 aromatic heterocycles. The minimum absolute atomic E-state index is 0.143. The molecule has 32 heavy (non-hydrogen) atoms. The van der Waals surface area contributed by atoms with Crippen LogP contribution in [0.4, 0.5) is 0 Å². The van der Waals surface area contributed by atoms with E-state index in [2.05, 4.69) is 15.2 Å². The maximum absolute atomic E-state index is 12.5. The summed E-state index contributed by atoms with van der Waals surface area (Å²) >= 11 is 12.0. The monoisotopic (exact) mass is 473 g/mol. The second-order valence-corrected chi connectivity index (χ2v) is 8.74. The molecule has 2 aromatic carbocycles. The van der Waals surface area contributed by atoms with Crippen molar-refractivity contribution in [1.82, 2.24) is 15.2 Å². The molecule has 2 heterocycles. The number of hydrogen-bond acceptors (Lipinski definition) is 4. The Labute approximate surface area is 196 Å². The molecule has 1 saturated heterocycles. The van der Waals surface area contributed by atoms with Crippen molar-refractivity contribution >= 4 is 40.0 Å². The second kappa shape index (κ2) is 10.4. The highest BCUT2D eigenvalue weighted by atomic mass is 35.5. The lowest BCUT2D eigenvalue weighted by Gasteiger charge is -2.32. The van der Waals surface area contributed by atoms with Crippen LogP contribution in [0.3, 0.4) is 0 Å². The number of amides is 1. The molecule has 0 atom stereocenters. The molecule has 1 fully saturated rings. The number of likely N-dealkylation sites (tertiary alicyclic amines) is 1. The minimum Gasteiger partial charge on any atom is -0.490 e. The van der Waals surface area contributed by atoms with E-state index in [1.54, 1.807) is 24.3 Å². The molecule has 6 nitrogen and oxygen atoms in total. The summed E-state index contributed by atoms with van der Waals surface area (Å²) in [6.45, 7) is 3.27. The first kappa shape index (κ1) is 22.6. The van der Waals surface area contributed by atoms with E-state index in [1.807, 2.05) is 18.2 Å². The van der Waals surface area contributed by atoms with Crippen molar-refractivity contribution < 1.29 is 9.53 Å². The lowest BCUT2D eigenvalue weighted by Crippen LogP contribution is -2.39. The zero-order chi connectivity index (χ0) is 22.5. The van der Waals surface area contributed by atoms with Gasteiger partial charge in [-0.15, -0.1) is 0 Å². The van der Waals surface area contributed by atoms with Gasteiger partial charge in [0.1, 0.15) is 17.4 Å². The summed E-state index contributed by atoms with van der Waals surface area (Å²) in [7, 11) is 0. The van der Waals surface area contributed by atoms with Gasteiger partial charge in [0.15, 0.2) is 0 Å². The molecule has 3 aromatic rings. The molecular weight excluding hydrogens is 449 g/mol. The topological polar surface area (TPSA) is 74.4 Å². The fourth-order valence-electron chi connectivity index (χ4n) is 3.93. The van der Waals surface area contributed by atoms with Crippen molar-refractivity contribution in [3.05, 3.63) is 74.5 Å². The van der Waals surface area contributed by atoms with Crippen LogP contribution in [0.25, 0.3) is 10.9 Å². The molecule has 0 radical (unpaired) electrons. The molecule has 0 aliphatic carbocycles. The molecular formula is C24H25Cl2N3O3. The number of benzene rings is 2. The number of para-hydroxylation sites is 1. The Morgan fingerprint density at radius 2 is 1.91 bits per heavy atom. The average molecular weight is 474 g/mol. The van der Waals surface area contributed by atoms with E-state index in [9.17, 15) is 9.59 Å². The number of ether oxygens (including phenoxy) is 1. The van der Waals surface area contributed by atoms with E-state index in [0.717, 1.165) is 50.2 Å². The molecule has 1 aliphatic rings. The van der Waals surface area contributed by atoms with Crippen molar-refractivity contribution in [3.63, 3.8) is 0 Å². The number of piperidine rings is 1. The lowest BCUT2D eigenvalue weighted by atomic mass is 10.1.